The third-order valence-corrected chi connectivity index (χ3v) is 10.7. The standard InChI is InChI=1S/C43H78N10O15/c1-10-23(8)33(52-36(60)26(13-11-12-14-44)46-40(64)30(19-55)50-38(62)27(15-20(2)3)47-35(59)25(45)18-54)41(65)49-28(16-21(4)5)37(61)48-29(17-31(57)58)39(63)53-34(24(9)56)42(66)51-32(22(6)7)43(67)68/h20-30,32-34,54-56H,10-19,44-45H2,1-9H3,(H,46,64)(H,47,59)(H,48,61)(H,49,65)(H,50,62)(H,51,66)(H,52,60)(H,53,63)(H,57,58)(H,67,68)/t23-,24+,25-,26-,27-,28-,29-,30-,32-,33-,34-/m0/s1. The van der Waals surface area contributed by atoms with Crippen LogP contribution in [0.15, 0.2) is 0 Å². The van der Waals surface area contributed by atoms with Crippen molar-refractivity contribution in [3.8, 4) is 0 Å². The summed E-state index contributed by atoms with van der Waals surface area (Å²) in [5.41, 5.74) is 11.3. The number of aliphatic hydroxyl groups is 3. The number of carbonyl (C=O) groups is 10. The number of carboxylic acid groups (broad SMARTS) is 2. The number of unbranched alkanes of at least 4 members (excludes halogenated alkanes) is 1. The van der Waals surface area contributed by atoms with Gasteiger partial charge in [-0.25, -0.2) is 4.79 Å². The topological polar surface area (TPSA) is 420 Å². The molecule has 0 spiro atoms. The average Bonchev–Trinajstić information content (AvgIpc) is 3.25. The van der Waals surface area contributed by atoms with Crippen molar-refractivity contribution in [2.75, 3.05) is 19.8 Å². The molecule has 68 heavy (non-hydrogen) atoms. The lowest BCUT2D eigenvalue weighted by Crippen LogP contribution is -2.62. The Morgan fingerprint density at radius 2 is 0.912 bits per heavy atom. The molecule has 0 aliphatic carbocycles. The van der Waals surface area contributed by atoms with Crippen LogP contribution in [0.25, 0.3) is 0 Å². The molecule has 0 heterocycles. The SMILES string of the molecule is CC[C@H](C)[C@H](NC(=O)[C@H](CCCCN)NC(=O)[C@H](CO)NC(=O)[C@H](CC(C)C)NC(=O)[C@@H](N)CO)C(=O)N[C@@H](CC(C)C)C(=O)N[C@@H](CC(=O)O)C(=O)N[C@H](C(=O)N[C@H](C(=O)O)C(C)C)[C@@H](C)O. The van der Waals surface area contributed by atoms with E-state index in [9.17, 15) is 73.5 Å². The molecule has 17 N–H and O–H groups in total. The molecule has 0 aliphatic rings. The van der Waals surface area contributed by atoms with Gasteiger partial charge < -0.3 is 79.5 Å². The fourth-order valence-electron chi connectivity index (χ4n) is 6.56. The first kappa shape index (κ1) is 62.5. The first-order chi connectivity index (χ1) is 31.6. The molecule has 11 atom stereocenters. The highest BCUT2D eigenvalue weighted by Crippen LogP contribution is 2.14. The molecule has 0 radical (unpaired) electrons. The molecule has 0 aromatic rings. The highest BCUT2D eigenvalue weighted by atomic mass is 16.4. The third kappa shape index (κ3) is 22.5. The minimum Gasteiger partial charge on any atom is -0.481 e. The van der Waals surface area contributed by atoms with Gasteiger partial charge in [0, 0.05) is 0 Å². The van der Waals surface area contributed by atoms with Gasteiger partial charge in [-0.3, -0.25) is 43.2 Å². The summed E-state index contributed by atoms with van der Waals surface area (Å²) in [5.74, 6) is -12.3. The van der Waals surface area contributed by atoms with Crippen LogP contribution in [0.2, 0.25) is 0 Å². The summed E-state index contributed by atoms with van der Waals surface area (Å²) in [6, 6.07) is -13.4. The Morgan fingerprint density at radius 1 is 0.500 bits per heavy atom. The van der Waals surface area contributed by atoms with E-state index in [1.807, 2.05) is 0 Å². The predicted octanol–water partition coefficient (Wildman–Crippen LogP) is -3.96. The van der Waals surface area contributed by atoms with Gasteiger partial charge in [0.2, 0.25) is 47.3 Å². The summed E-state index contributed by atoms with van der Waals surface area (Å²) in [6.07, 6.45) is -1.57. The number of amides is 8. The van der Waals surface area contributed by atoms with E-state index < -0.39 is 151 Å². The van der Waals surface area contributed by atoms with Crippen molar-refractivity contribution in [3.63, 3.8) is 0 Å². The summed E-state index contributed by atoms with van der Waals surface area (Å²) >= 11 is 0. The molecule has 0 fully saturated rings. The van der Waals surface area contributed by atoms with Crippen LogP contribution in [0.1, 0.15) is 107 Å². The molecule has 25 heteroatoms. The smallest absolute Gasteiger partial charge is 0.326 e. The molecule has 0 aromatic carbocycles. The molecule has 8 amide bonds. The van der Waals surface area contributed by atoms with Crippen molar-refractivity contribution in [2.24, 2.45) is 35.1 Å². The zero-order valence-corrected chi connectivity index (χ0v) is 40.6. The Kier molecular flexibility index (Phi) is 29.0. The van der Waals surface area contributed by atoms with Crippen molar-refractivity contribution in [1.82, 2.24) is 42.5 Å². The maximum atomic E-state index is 14.1. The van der Waals surface area contributed by atoms with Gasteiger partial charge in [0.05, 0.1) is 25.7 Å². The van der Waals surface area contributed by atoms with E-state index in [0.29, 0.717) is 19.3 Å². The number of nitrogens with two attached hydrogens (primary N) is 2. The summed E-state index contributed by atoms with van der Waals surface area (Å²) < 4.78 is 0. The molecule has 0 bridgehead atoms. The zero-order valence-electron chi connectivity index (χ0n) is 40.6. The van der Waals surface area contributed by atoms with E-state index in [1.54, 1.807) is 41.5 Å². The minimum atomic E-state index is -1.87. The third-order valence-electron chi connectivity index (χ3n) is 10.7. The van der Waals surface area contributed by atoms with Gasteiger partial charge in [-0.2, -0.15) is 0 Å². The Labute approximate surface area is 397 Å². The number of carboxylic acids is 2. The zero-order chi connectivity index (χ0) is 52.6. The van der Waals surface area contributed by atoms with E-state index in [2.05, 4.69) is 42.5 Å². The van der Waals surface area contributed by atoms with Crippen LogP contribution in [0, 0.1) is 23.7 Å². The maximum absolute atomic E-state index is 14.1. The summed E-state index contributed by atoms with van der Waals surface area (Å²) in [5, 5.41) is 68.1. The van der Waals surface area contributed by atoms with E-state index in [0.717, 1.165) is 6.92 Å². The molecule has 0 rings (SSSR count). The van der Waals surface area contributed by atoms with Crippen molar-refractivity contribution >= 4 is 59.2 Å². The van der Waals surface area contributed by atoms with E-state index in [-0.39, 0.29) is 37.6 Å². The van der Waals surface area contributed by atoms with Crippen LogP contribution < -0.4 is 54.0 Å². The molecular formula is C43H78N10O15. The van der Waals surface area contributed by atoms with Crippen molar-refractivity contribution in [2.45, 2.75) is 168 Å². The second kappa shape index (κ2) is 31.5. The lowest BCUT2D eigenvalue weighted by Gasteiger charge is -2.30. The van der Waals surface area contributed by atoms with Crippen LogP contribution in [-0.2, 0) is 47.9 Å². The van der Waals surface area contributed by atoms with Gasteiger partial charge >= 0.3 is 11.9 Å². The van der Waals surface area contributed by atoms with Crippen LogP contribution in [-0.4, -0.2) is 165 Å². The molecule has 390 valence electrons. The molecule has 0 aromatic heterocycles. The highest BCUT2D eigenvalue weighted by Gasteiger charge is 2.37. The van der Waals surface area contributed by atoms with Crippen LogP contribution in [0.3, 0.4) is 0 Å². The number of hydrogen-bond donors (Lipinski definition) is 15. The van der Waals surface area contributed by atoms with Crippen LogP contribution >= 0.6 is 0 Å². The number of aliphatic hydroxyl groups excluding tert-OH is 3. The number of rotatable bonds is 33. The quantitative estimate of drug-likeness (QED) is 0.0279. The maximum Gasteiger partial charge on any atom is 0.326 e. The second-order valence-corrected chi connectivity index (χ2v) is 18.1. The number of carbonyl (C=O) groups excluding carboxylic acids is 8. The van der Waals surface area contributed by atoms with Crippen LogP contribution in [0.5, 0.6) is 0 Å². The molecule has 0 saturated heterocycles. The number of hydrogen-bond acceptors (Lipinski definition) is 15. The van der Waals surface area contributed by atoms with Gasteiger partial charge in [-0.1, -0.05) is 61.8 Å². The van der Waals surface area contributed by atoms with Crippen LogP contribution in [0.4, 0.5) is 0 Å². The molecule has 0 aliphatic heterocycles. The highest BCUT2D eigenvalue weighted by molar-refractivity contribution is 5.99. The monoisotopic (exact) mass is 975 g/mol. The minimum absolute atomic E-state index is 0.0123. The molecule has 0 saturated carbocycles. The largest absolute Gasteiger partial charge is 0.481 e. The Bertz CT molecular complexity index is 1700. The van der Waals surface area contributed by atoms with Gasteiger partial charge in [-0.15, -0.1) is 0 Å². The van der Waals surface area contributed by atoms with Crippen molar-refractivity contribution < 1.29 is 73.5 Å². The van der Waals surface area contributed by atoms with Crippen molar-refractivity contribution in [3.05, 3.63) is 0 Å². The fraction of sp³-hybridized carbons (Fsp3) is 0.767. The first-order valence-corrected chi connectivity index (χ1v) is 22.9. The van der Waals surface area contributed by atoms with Gasteiger partial charge in [0.25, 0.3) is 0 Å². The van der Waals surface area contributed by atoms with Gasteiger partial charge in [0.1, 0.15) is 54.4 Å². The van der Waals surface area contributed by atoms with E-state index in [1.165, 1.54) is 13.8 Å². The number of aliphatic carboxylic acids is 2. The van der Waals surface area contributed by atoms with Crippen molar-refractivity contribution in [1.29, 1.82) is 0 Å². The van der Waals surface area contributed by atoms with Gasteiger partial charge in [0.15, 0.2) is 0 Å². The first-order valence-electron chi connectivity index (χ1n) is 22.9. The van der Waals surface area contributed by atoms with E-state index >= 15 is 0 Å². The normalized spacial score (nSPS) is 16.2. The Morgan fingerprint density at radius 3 is 1.34 bits per heavy atom. The molecule has 25 nitrogen and oxygen atoms in total. The second-order valence-electron chi connectivity index (χ2n) is 18.1. The fourth-order valence-corrected chi connectivity index (χ4v) is 6.56. The lowest BCUT2D eigenvalue weighted by molar-refractivity contribution is -0.145. The number of nitrogens with one attached hydrogen (secondary N) is 8. The Hall–Kier alpha value is -5.50. The lowest BCUT2D eigenvalue weighted by atomic mass is 9.96. The Balaban J connectivity index is 6.56. The van der Waals surface area contributed by atoms with E-state index in [4.69, 9.17) is 11.5 Å². The summed E-state index contributed by atoms with van der Waals surface area (Å²) in [6.45, 7) is 13.0. The summed E-state index contributed by atoms with van der Waals surface area (Å²) in [7, 11) is 0. The average molecular weight is 975 g/mol. The molecular weight excluding hydrogens is 897 g/mol. The molecule has 0 unspecified atom stereocenters. The summed E-state index contributed by atoms with van der Waals surface area (Å²) in [4.78, 5) is 131. The predicted molar refractivity (Wildman–Crippen MR) is 245 cm³/mol. The van der Waals surface area contributed by atoms with Gasteiger partial charge in [-0.05, 0) is 69.2 Å².